The zero-order valence-electron chi connectivity index (χ0n) is 21.0. The number of hydrogen-bond donors (Lipinski definition) is 1. The van der Waals surface area contributed by atoms with Gasteiger partial charge in [0.2, 0.25) is 0 Å². The van der Waals surface area contributed by atoms with Gasteiger partial charge in [-0.2, -0.15) is 5.26 Å². The van der Waals surface area contributed by atoms with E-state index >= 15 is 0 Å². The van der Waals surface area contributed by atoms with E-state index in [1.165, 1.54) is 16.8 Å². The molecule has 1 aromatic heterocycles. The van der Waals surface area contributed by atoms with E-state index in [0.29, 0.717) is 12.8 Å². The lowest BCUT2D eigenvalue weighted by molar-refractivity contribution is -0.105. The summed E-state index contributed by atoms with van der Waals surface area (Å²) in [6.07, 6.45) is 1.16. The van der Waals surface area contributed by atoms with Crippen LogP contribution in [0.4, 0.5) is 0 Å². The summed E-state index contributed by atoms with van der Waals surface area (Å²) in [6.45, 7) is 16.9. The molecule has 1 aliphatic rings. The van der Waals surface area contributed by atoms with Crippen molar-refractivity contribution in [3.05, 3.63) is 33.1 Å². The van der Waals surface area contributed by atoms with Crippen molar-refractivity contribution < 1.29 is 18.2 Å². The van der Waals surface area contributed by atoms with Crippen molar-refractivity contribution in [3.8, 4) is 6.07 Å². The van der Waals surface area contributed by atoms with Gasteiger partial charge in [0.1, 0.15) is 12.2 Å². The molecule has 0 saturated carbocycles. The predicted molar refractivity (Wildman–Crippen MR) is 131 cm³/mol. The van der Waals surface area contributed by atoms with Crippen LogP contribution >= 0.6 is 8.38 Å². The summed E-state index contributed by atoms with van der Waals surface area (Å²) in [4.78, 5) is 26.7. The normalized spacial score (nSPS) is 23.9. The Morgan fingerprint density at radius 1 is 1.30 bits per heavy atom. The summed E-state index contributed by atoms with van der Waals surface area (Å²) >= 11 is 0. The number of rotatable bonds is 10. The van der Waals surface area contributed by atoms with Gasteiger partial charge in [0.25, 0.3) is 5.56 Å². The summed E-state index contributed by atoms with van der Waals surface area (Å²) in [5.41, 5.74) is -1.73. The molecule has 0 bridgehead atoms. The fraction of sp³-hybridized carbons (Fsp3) is 0.773. The highest BCUT2D eigenvalue weighted by atomic mass is 31.2. The van der Waals surface area contributed by atoms with Crippen molar-refractivity contribution in [3.63, 3.8) is 0 Å². The van der Waals surface area contributed by atoms with Crippen LogP contribution in [0.2, 0.25) is 18.1 Å². The van der Waals surface area contributed by atoms with Crippen molar-refractivity contribution in [1.29, 1.82) is 5.26 Å². The van der Waals surface area contributed by atoms with Crippen molar-refractivity contribution in [2.75, 3.05) is 13.3 Å². The Bertz CT molecular complexity index is 947. The van der Waals surface area contributed by atoms with E-state index < -0.39 is 52.0 Å². The average molecular weight is 500 g/mol. The highest BCUT2D eigenvalue weighted by Gasteiger charge is 2.58. The number of H-pyrrole nitrogens is 1. The molecule has 0 aliphatic carbocycles. The number of aromatic amines is 1. The Morgan fingerprint density at radius 2 is 1.94 bits per heavy atom. The molecule has 1 N–H and O–H groups in total. The zero-order valence-corrected chi connectivity index (χ0v) is 22.9. The minimum Gasteiger partial charge on any atom is -0.406 e. The predicted octanol–water partition coefficient (Wildman–Crippen LogP) is 4.27. The molecule has 1 fully saturated rings. The average Bonchev–Trinajstić information content (AvgIpc) is 3.00. The topological polar surface area (TPSA) is 116 Å². The summed E-state index contributed by atoms with van der Waals surface area (Å²) in [5.74, 6) is 0. The summed E-state index contributed by atoms with van der Waals surface area (Å²) in [6, 6.07) is 3.38. The lowest BCUT2D eigenvalue weighted by Gasteiger charge is -2.41. The molecule has 0 aromatic carbocycles. The van der Waals surface area contributed by atoms with E-state index in [9.17, 15) is 9.59 Å². The second-order valence-corrected chi connectivity index (χ2v) is 16.0. The molecular weight excluding hydrogens is 461 g/mol. The molecule has 4 atom stereocenters. The molecule has 0 amide bonds. The van der Waals surface area contributed by atoms with Gasteiger partial charge in [0.15, 0.2) is 22.9 Å². The van der Waals surface area contributed by atoms with Crippen molar-refractivity contribution >= 4 is 16.7 Å². The van der Waals surface area contributed by atoms with E-state index in [-0.39, 0.29) is 18.1 Å². The molecule has 1 aliphatic heterocycles. The molecule has 2 unspecified atom stereocenters. The maximum Gasteiger partial charge on any atom is 0.330 e. The first kappa shape index (κ1) is 27.9. The molecule has 186 valence electrons. The van der Waals surface area contributed by atoms with Crippen LogP contribution in [0, 0.1) is 11.3 Å². The second-order valence-electron chi connectivity index (χ2n) is 9.85. The number of nitrogens with one attached hydrogen (secondary N) is 1. The number of aromatic nitrogens is 2. The number of hydrogen-bond acceptors (Lipinski definition) is 7. The minimum atomic E-state index is -2.31. The quantitative estimate of drug-likeness (QED) is 0.290. The maximum absolute atomic E-state index is 12.7. The van der Waals surface area contributed by atoms with Gasteiger partial charge in [-0.05, 0) is 31.0 Å². The molecule has 0 spiro atoms. The molecule has 0 radical (unpaired) electrons. The smallest absolute Gasteiger partial charge is 0.330 e. The molecule has 9 nitrogen and oxygen atoms in total. The summed E-state index contributed by atoms with van der Waals surface area (Å²) < 4.78 is 27.0. The van der Waals surface area contributed by atoms with Crippen LogP contribution < -0.4 is 11.2 Å². The maximum atomic E-state index is 12.7. The van der Waals surface area contributed by atoms with Crippen LogP contribution in [-0.4, -0.2) is 48.9 Å². The molecule has 33 heavy (non-hydrogen) atoms. The van der Waals surface area contributed by atoms with Crippen LogP contribution in [-0.2, 0) is 18.2 Å². The Morgan fingerprint density at radius 3 is 2.45 bits per heavy atom. The third-order valence-electron chi connectivity index (χ3n) is 6.76. The van der Waals surface area contributed by atoms with E-state index in [2.05, 4.69) is 44.9 Å². The Labute approximate surface area is 198 Å². The molecule has 11 heteroatoms. The first-order valence-corrected chi connectivity index (χ1v) is 15.9. The van der Waals surface area contributed by atoms with E-state index in [0.717, 1.165) is 0 Å². The van der Waals surface area contributed by atoms with Gasteiger partial charge in [0.05, 0.1) is 24.7 Å². The first-order valence-electron chi connectivity index (χ1n) is 11.4. The third-order valence-corrected chi connectivity index (χ3v) is 12.3. The zero-order chi connectivity index (χ0) is 25.0. The van der Waals surface area contributed by atoms with E-state index in [4.69, 9.17) is 23.5 Å². The Kier molecular flexibility index (Phi) is 9.24. The van der Waals surface area contributed by atoms with Gasteiger partial charge in [-0.15, -0.1) is 0 Å². The first-order chi connectivity index (χ1) is 15.3. The SMILES string of the molecule is CCC1(CC)O[C@@H](n2ccc(=O)[nH]c2=O)C(O[Si](C)(C)C(C)(C)C)[C@H]1OP(C)OCCC#N. The molecule has 1 saturated heterocycles. The molecule has 2 rings (SSSR count). The Hall–Kier alpha value is -1.34. The largest absolute Gasteiger partial charge is 0.406 e. The summed E-state index contributed by atoms with van der Waals surface area (Å²) in [7, 11) is -3.62. The second kappa shape index (κ2) is 10.9. The van der Waals surface area contributed by atoms with Crippen LogP contribution in [0.5, 0.6) is 0 Å². The number of ether oxygens (including phenoxy) is 1. The highest BCUT2D eigenvalue weighted by molar-refractivity contribution is 7.46. The Balaban J connectivity index is 2.55. The van der Waals surface area contributed by atoms with E-state index in [1.807, 2.05) is 20.5 Å². The van der Waals surface area contributed by atoms with Crippen molar-refractivity contribution in [2.45, 2.75) is 96.1 Å². The molecule has 2 heterocycles. The van der Waals surface area contributed by atoms with Crippen molar-refractivity contribution in [1.82, 2.24) is 9.55 Å². The van der Waals surface area contributed by atoms with Crippen LogP contribution in [0.15, 0.2) is 21.9 Å². The lowest BCUT2D eigenvalue weighted by Crippen LogP contribution is -2.51. The lowest BCUT2D eigenvalue weighted by atomic mass is 9.90. The molecular formula is C22H38N3O6PSi. The third kappa shape index (κ3) is 6.21. The molecule has 1 aromatic rings. The fourth-order valence-electron chi connectivity index (χ4n) is 3.69. The van der Waals surface area contributed by atoms with Gasteiger partial charge >= 0.3 is 5.69 Å². The van der Waals surface area contributed by atoms with Crippen LogP contribution in [0.3, 0.4) is 0 Å². The highest BCUT2D eigenvalue weighted by Crippen LogP contribution is 2.51. The van der Waals surface area contributed by atoms with Crippen molar-refractivity contribution in [2.24, 2.45) is 0 Å². The monoisotopic (exact) mass is 499 g/mol. The van der Waals surface area contributed by atoms with Gasteiger partial charge in [0, 0.05) is 18.9 Å². The standard InChI is InChI=1S/C22H38N3O6PSi/c1-9-22(10-2)18(30-32(6)28-15-11-13-23)17(31-33(7,8)21(3,4)5)19(29-22)25-14-12-16(26)24-20(25)27/h12,14,17-19H,9-11,15H2,1-8H3,(H,24,26,27)/t17?,18-,19-,32?/m1/s1. The van der Waals surface area contributed by atoms with Gasteiger partial charge in [-0.25, -0.2) is 4.79 Å². The van der Waals surface area contributed by atoms with E-state index in [1.54, 1.807) is 0 Å². The van der Waals surface area contributed by atoms with Crippen LogP contribution in [0.25, 0.3) is 0 Å². The van der Waals surface area contributed by atoms with Crippen LogP contribution in [0.1, 0.15) is 60.1 Å². The van der Waals surface area contributed by atoms with Gasteiger partial charge < -0.3 is 18.2 Å². The minimum absolute atomic E-state index is 0.0814. The number of nitriles is 1. The fourth-order valence-corrected chi connectivity index (χ4v) is 6.00. The summed E-state index contributed by atoms with van der Waals surface area (Å²) in [5, 5.41) is 8.74. The van der Waals surface area contributed by atoms with Gasteiger partial charge in [-0.3, -0.25) is 14.3 Å². The number of nitrogens with zero attached hydrogens (tertiary/aromatic N) is 2. The van der Waals surface area contributed by atoms with Gasteiger partial charge in [-0.1, -0.05) is 34.6 Å².